The number of benzene rings is 1. The summed E-state index contributed by atoms with van der Waals surface area (Å²) in [4.78, 5) is 11.0. The van der Waals surface area contributed by atoms with Gasteiger partial charge in [0.2, 0.25) is 0 Å². The van der Waals surface area contributed by atoms with Crippen LogP contribution in [0.5, 0.6) is 0 Å². The highest BCUT2D eigenvalue weighted by Gasteiger charge is 2.27. The average Bonchev–Trinajstić information content (AvgIpc) is 2.39. The zero-order chi connectivity index (χ0) is 13.8. The molecule has 3 atom stereocenters. The summed E-state index contributed by atoms with van der Waals surface area (Å²) in [5.74, 6) is -1.16. The Morgan fingerprint density at radius 2 is 2.05 bits per heavy atom. The van der Waals surface area contributed by atoms with Gasteiger partial charge in [0, 0.05) is 12.1 Å². The van der Waals surface area contributed by atoms with Gasteiger partial charge in [-0.05, 0) is 43.9 Å². The van der Waals surface area contributed by atoms with Gasteiger partial charge in [0.05, 0.1) is 5.92 Å². The molecule has 1 aromatic rings. The van der Waals surface area contributed by atoms with Crippen LogP contribution < -0.4 is 5.32 Å². The van der Waals surface area contributed by atoms with Crippen molar-refractivity contribution in [2.75, 3.05) is 0 Å². The van der Waals surface area contributed by atoms with Crippen LogP contribution in [-0.2, 0) is 4.79 Å². The predicted molar refractivity (Wildman–Crippen MR) is 71.3 cm³/mol. The van der Waals surface area contributed by atoms with Gasteiger partial charge >= 0.3 is 5.97 Å². The van der Waals surface area contributed by atoms with Crippen molar-refractivity contribution in [1.29, 1.82) is 0 Å². The van der Waals surface area contributed by atoms with Crippen molar-refractivity contribution in [3.05, 3.63) is 35.6 Å². The maximum absolute atomic E-state index is 12.9. The fourth-order valence-corrected chi connectivity index (χ4v) is 2.77. The van der Waals surface area contributed by atoms with E-state index in [2.05, 4.69) is 5.32 Å². The molecule has 0 amide bonds. The second-order valence-corrected chi connectivity index (χ2v) is 5.34. The van der Waals surface area contributed by atoms with Crippen LogP contribution in [0.2, 0.25) is 0 Å². The Labute approximate surface area is 112 Å². The molecule has 1 saturated carbocycles. The molecule has 1 aliphatic carbocycles. The normalized spacial score (nSPS) is 24.9. The number of rotatable bonds is 4. The molecule has 1 aromatic carbocycles. The van der Waals surface area contributed by atoms with Crippen molar-refractivity contribution in [3.63, 3.8) is 0 Å². The van der Waals surface area contributed by atoms with Crippen molar-refractivity contribution in [2.24, 2.45) is 5.92 Å². The van der Waals surface area contributed by atoms with Crippen LogP contribution in [-0.4, -0.2) is 17.1 Å². The van der Waals surface area contributed by atoms with Gasteiger partial charge in [-0.3, -0.25) is 4.79 Å². The van der Waals surface area contributed by atoms with Crippen molar-refractivity contribution in [2.45, 2.75) is 44.7 Å². The molecule has 3 nitrogen and oxygen atoms in total. The molecular weight excluding hydrogens is 245 g/mol. The molecule has 1 fully saturated rings. The lowest BCUT2D eigenvalue weighted by Gasteiger charge is -2.30. The largest absolute Gasteiger partial charge is 0.481 e. The first-order valence-electron chi connectivity index (χ1n) is 6.80. The Bertz CT molecular complexity index is 432. The van der Waals surface area contributed by atoms with E-state index >= 15 is 0 Å². The fourth-order valence-electron chi connectivity index (χ4n) is 2.77. The van der Waals surface area contributed by atoms with Gasteiger partial charge in [-0.2, -0.15) is 0 Å². The van der Waals surface area contributed by atoms with Gasteiger partial charge in [-0.15, -0.1) is 0 Å². The van der Waals surface area contributed by atoms with Gasteiger partial charge in [-0.25, -0.2) is 4.39 Å². The van der Waals surface area contributed by atoms with E-state index in [0.29, 0.717) is 6.42 Å². The highest BCUT2D eigenvalue weighted by Crippen LogP contribution is 2.26. The van der Waals surface area contributed by atoms with Crippen molar-refractivity contribution in [1.82, 2.24) is 5.32 Å². The molecule has 3 unspecified atom stereocenters. The van der Waals surface area contributed by atoms with E-state index in [0.717, 1.165) is 24.8 Å². The third kappa shape index (κ3) is 3.77. The van der Waals surface area contributed by atoms with Crippen LogP contribution in [0, 0.1) is 11.7 Å². The molecule has 1 aliphatic rings. The first-order chi connectivity index (χ1) is 9.06. The number of carboxylic acid groups (broad SMARTS) is 1. The number of carbonyl (C=O) groups is 1. The van der Waals surface area contributed by atoms with Crippen LogP contribution in [0.3, 0.4) is 0 Å². The first kappa shape index (κ1) is 14.0. The van der Waals surface area contributed by atoms with Gasteiger partial charge in [-0.1, -0.05) is 18.6 Å². The van der Waals surface area contributed by atoms with E-state index in [4.69, 9.17) is 5.11 Å². The number of hydrogen-bond acceptors (Lipinski definition) is 2. The SMILES string of the molecule is CC(NC1CCCC(C(=O)O)C1)c1ccc(F)cc1. The molecule has 0 aliphatic heterocycles. The van der Waals surface area contributed by atoms with E-state index in [1.807, 2.05) is 6.92 Å². The molecular formula is C15H20FNO2. The second-order valence-electron chi connectivity index (χ2n) is 5.34. The molecule has 19 heavy (non-hydrogen) atoms. The van der Waals surface area contributed by atoms with Gasteiger partial charge in [0.15, 0.2) is 0 Å². The fraction of sp³-hybridized carbons (Fsp3) is 0.533. The van der Waals surface area contributed by atoms with E-state index in [9.17, 15) is 9.18 Å². The minimum absolute atomic E-state index is 0.109. The monoisotopic (exact) mass is 265 g/mol. The molecule has 0 radical (unpaired) electrons. The number of halogens is 1. The number of aliphatic carboxylic acids is 1. The van der Waals surface area contributed by atoms with E-state index in [-0.39, 0.29) is 23.8 Å². The van der Waals surface area contributed by atoms with Crippen molar-refractivity contribution in [3.8, 4) is 0 Å². The minimum atomic E-state index is -0.694. The van der Waals surface area contributed by atoms with Gasteiger partial charge in [0.25, 0.3) is 0 Å². The lowest BCUT2D eigenvalue weighted by atomic mass is 9.85. The lowest BCUT2D eigenvalue weighted by Crippen LogP contribution is -2.37. The average molecular weight is 265 g/mol. The summed E-state index contributed by atoms with van der Waals surface area (Å²) in [5, 5.41) is 12.5. The first-order valence-corrected chi connectivity index (χ1v) is 6.80. The van der Waals surface area contributed by atoms with E-state index in [1.54, 1.807) is 12.1 Å². The summed E-state index contributed by atoms with van der Waals surface area (Å²) < 4.78 is 12.9. The zero-order valence-corrected chi connectivity index (χ0v) is 11.1. The molecule has 2 rings (SSSR count). The molecule has 0 bridgehead atoms. The standard InChI is InChI=1S/C15H20FNO2/c1-10(11-5-7-13(16)8-6-11)17-14-4-2-3-12(9-14)15(18)19/h5-8,10,12,14,17H,2-4,9H2,1H3,(H,18,19). The highest BCUT2D eigenvalue weighted by molar-refractivity contribution is 5.70. The Kier molecular flexibility index (Phi) is 4.53. The molecule has 4 heteroatoms. The maximum atomic E-state index is 12.9. The van der Waals surface area contributed by atoms with Crippen molar-refractivity contribution < 1.29 is 14.3 Å². The third-order valence-corrected chi connectivity index (χ3v) is 3.88. The molecule has 2 N–H and O–H groups in total. The highest BCUT2D eigenvalue weighted by atomic mass is 19.1. The second kappa shape index (κ2) is 6.15. The van der Waals surface area contributed by atoms with Crippen LogP contribution in [0.1, 0.15) is 44.2 Å². The number of carboxylic acids is 1. The number of nitrogens with one attached hydrogen (secondary N) is 1. The lowest BCUT2D eigenvalue weighted by molar-refractivity contribution is -0.143. The van der Waals surface area contributed by atoms with Crippen LogP contribution >= 0.6 is 0 Å². The summed E-state index contributed by atoms with van der Waals surface area (Å²) in [5.41, 5.74) is 1.03. The summed E-state index contributed by atoms with van der Waals surface area (Å²) >= 11 is 0. The maximum Gasteiger partial charge on any atom is 0.306 e. The Morgan fingerprint density at radius 1 is 1.37 bits per heavy atom. The third-order valence-electron chi connectivity index (χ3n) is 3.88. The zero-order valence-electron chi connectivity index (χ0n) is 11.1. The molecule has 0 heterocycles. The Hall–Kier alpha value is -1.42. The van der Waals surface area contributed by atoms with Crippen molar-refractivity contribution >= 4 is 5.97 Å². The van der Waals surface area contributed by atoms with Crippen LogP contribution in [0.4, 0.5) is 4.39 Å². The Morgan fingerprint density at radius 3 is 2.68 bits per heavy atom. The predicted octanol–water partition coefficient (Wildman–Crippen LogP) is 3.12. The van der Waals surface area contributed by atoms with Gasteiger partial charge < -0.3 is 10.4 Å². The quantitative estimate of drug-likeness (QED) is 0.879. The Balaban J connectivity index is 1.93. The molecule has 0 spiro atoms. The van der Waals surface area contributed by atoms with E-state index in [1.165, 1.54) is 12.1 Å². The molecule has 104 valence electrons. The molecule has 0 saturated heterocycles. The van der Waals surface area contributed by atoms with Gasteiger partial charge in [0.1, 0.15) is 5.82 Å². The number of hydrogen-bond donors (Lipinski definition) is 2. The summed E-state index contributed by atoms with van der Waals surface area (Å²) in [7, 11) is 0. The smallest absolute Gasteiger partial charge is 0.306 e. The minimum Gasteiger partial charge on any atom is -0.481 e. The summed E-state index contributed by atoms with van der Waals surface area (Å²) in [6.45, 7) is 2.03. The van der Waals surface area contributed by atoms with Crippen LogP contribution in [0.15, 0.2) is 24.3 Å². The summed E-state index contributed by atoms with van der Waals surface area (Å²) in [6, 6.07) is 6.78. The molecule has 0 aromatic heterocycles. The van der Waals surface area contributed by atoms with Crippen LogP contribution in [0.25, 0.3) is 0 Å². The topological polar surface area (TPSA) is 49.3 Å². The van der Waals surface area contributed by atoms with E-state index < -0.39 is 5.97 Å². The summed E-state index contributed by atoms with van der Waals surface area (Å²) in [6.07, 6.45) is 3.42.